The van der Waals surface area contributed by atoms with Gasteiger partial charge in [0.15, 0.2) is 48.2 Å². The predicted molar refractivity (Wildman–Crippen MR) is 155 cm³/mol. The van der Waals surface area contributed by atoms with E-state index in [1.807, 2.05) is 0 Å². The fraction of sp³-hybridized carbons (Fsp3) is 0.0667. The monoisotopic (exact) mass is 688 g/mol. The molecule has 0 amide bonds. The Bertz CT molecular complexity index is 1790. The van der Waals surface area contributed by atoms with E-state index in [0.717, 1.165) is 12.1 Å². The molecule has 0 aliphatic carbocycles. The molecule has 0 saturated heterocycles. The predicted octanol–water partition coefficient (Wildman–Crippen LogP) is 3.43. The lowest BCUT2D eigenvalue weighted by Gasteiger charge is -1.85. The molecule has 5 aromatic rings. The maximum Gasteiger partial charge on any atom is 0.371 e. The van der Waals surface area contributed by atoms with Gasteiger partial charge in [0.25, 0.3) is 0 Å². The van der Waals surface area contributed by atoms with Crippen molar-refractivity contribution < 1.29 is 91.1 Å². The number of aromatic carboxylic acids is 4. The van der Waals surface area contributed by atoms with Crippen molar-refractivity contribution in [3.05, 3.63) is 118 Å². The van der Waals surface area contributed by atoms with Gasteiger partial charge in [-0.1, -0.05) is 0 Å². The molecule has 0 saturated carbocycles. The van der Waals surface area contributed by atoms with Crippen molar-refractivity contribution in [3.8, 4) is 0 Å². The van der Waals surface area contributed by atoms with Crippen LogP contribution in [0.3, 0.4) is 0 Å². The fourth-order valence-electron chi connectivity index (χ4n) is 2.71. The number of rotatable bonds is 10. The summed E-state index contributed by atoms with van der Waals surface area (Å²) < 4.78 is 23.0. The second kappa shape index (κ2) is 20.8. The Morgan fingerprint density at radius 2 is 0.694 bits per heavy atom. The van der Waals surface area contributed by atoms with Crippen molar-refractivity contribution in [1.82, 2.24) is 0 Å². The molecule has 5 heterocycles. The van der Waals surface area contributed by atoms with Gasteiger partial charge in [-0.05, 0) is 60.7 Å². The third-order valence-electron chi connectivity index (χ3n) is 4.84. The van der Waals surface area contributed by atoms with E-state index in [1.165, 1.54) is 42.5 Å². The van der Waals surface area contributed by atoms with E-state index in [1.54, 1.807) is 6.07 Å². The van der Waals surface area contributed by atoms with E-state index < -0.39 is 23.9 Å². The molecular weight excluding hydrogens is 664 g/mol. The lowest BCUT2D eigenvalue weighted by atomic mass is 10.4. The molecule has 258 valence electrons. The molecular formula is C30H24O19. The highest BCUT2D eigenvalue weighted by atomic mass is 16.4. The van der Waals surface area contributed by atoms with Gasteiger partial charge >= 0.3 is 23.9 Å². The summed E-state index contributed by atoms with van der Waals surface area (Å²) in [6, 6.07) is 13.4. The van der Waals surface area contributed by atoms with Gasteiger partial charge in [0.2, 0.25) is 23.0 Å². The van der Waals surface area contributed by atoms with Crippen LogP contribution in [0.15, 0.2) is 82.7 Å². The number of carboxylic acids is 4. The number of hydrogen-bond donors (Lipinski definition) is 6. The van der Waals surface area contributed by atoms with E-state index in [0.29, 0.717) is 30.9 Å². The Labute approximate surface area is 271 Å². The summed E-state index contributed by atoms with van der Waals surface area (Å²) >= 11 is 0. The summed E-state index contributed by atoms with van der Waals surface area (Å²) in [5.41, 5.74) is 0. The van der Waals surface area contributed by atoms with E-state index in [4.69, 9.17) is 35.1 Å². The lowest BCUT2D eigenvalue weighted by molar-refractivity contribution is 0.0622. The topological polar surface area (TPSA) is 324 Å². The van der Waals surface area contributed by atoms with Crippen LogP contribution in [0, 0.1) is 0 Å². The standard InChI is InChI=1S/C6H4O5.C6H6O4.C6H4O4.C6H6O3.C6H4O3/c7-5(8)3-1-2-4(11-3)6(9)10;2*7-3-4-1-2-5(10-4)6(8)9;2*7-3-5-1-2-6(4-8)9-5/h1-2H,(H,7,8)(H,9,10);1-2,7H,3H2,(H,8,9);1-3H,(H,8,9);1-3,8H,4H2;1-4H. The fourth-order valence-corrected chi connectivity index (χ4v) is 2.71. The number of aldehydes is 4. The number of hydrogen-bond acceptors (Lipinski definition) is 15. The molecule has 0 spiro atoms. The quantitative estimate of drug-likeness (QED) is 0.114. The first-order chi connectivity index (χ1) is 23.3. The van der Waals surface area contributed by atoms with Crippen molar-refractivity contribution in [2.24, 2.45) is 0 Å². The summed E-state index contributed by atoms with van der Waals surface area (Å²) in [6.07, 6.45) is 2.14. The molecule has 0 bridgehead atoms. The van der Waals surface area contributed by atoms with Crippen LogP contribution >= 0.6 is 0 Å². The largest absolute Gasteiger partial charge is 0.475 e. The van der Waals surface area contributed by atoms with Gasteiger partial charge in [0.05, 0.1) is 0 Å². The maximum atomic E-state index is 10.2. The Morgan fingerprint density at radius 3 is 0.959 bits per heavy atom. The van der Waals surface area contributed by atoms with Crippen molar-refractivity contribution in [3.63, 3.8) is 0 Å². The van der Waals surface area contributed by atoms with Crippen LogP contribution < -0.4 is 0 Å². The highest BCUT2D eigenvalue weighted by Crippen LogP contribution is 2.08. The molecule has 5 rings (SSSR count). The van der Waals surface area contributed by atoms with E-state index in [-0.39, 0.29) is 65.1 Å². The number of carbonyl (C=O) groups excluding carboxylic acids is 4. The minimum Gasteiger partial charge on any atom is -0.475 e. The minimum absolute atomic E-state index is 0.0254. The van der Waals surface area contributed by atoms with Gasteiger partial charge in [-0.3, -0.25) is 19.2 Å². The average molecular weight is 689 g/mol. The molecule has 5 aromatic heterocycles. The smallest absolute Gasteiger partial charge is 0.371 e. The third kappa shape index (κ3) is 14.2. The van der Waals surface area contributed by atoms with Gasteiger partial charge in [0.1, 0.15) is 24.7 Å². The summed E-state index contributed by atoms with van der Waals surface area (Å²) in [7, 11) is 0. The Hall–Kier alpha value is -7.12. The number of furan rings is 5. The highest BCUT2D eigenvalue weighted by molar-refractivity contribution is 5.89. The van der Waals surface area contributed by atoms with Crippen molar-refractivity contribution in [2.75, 3.05) is 0 Å². The molecule has 19 nitrogen and oxygen atoms in total. The number of aliphatic hydroxyl groups excluding tert-OH is 2. The van der Waals surface area contributed by atoms with Crippen LogP contribution in [0.1, 0.15) is 96.0 Å². The second-order valence-electron chi connectivity index (χ2n) is 8.18. The lowest BCUT2D eigenvalue weighted by Crippen LogP contribution is -1.94. The van der Waals surface area contributed by atoms with E-state index in [2.05, 4.69) is 17.7 Å². The highest BCUT2D eigenvalue weighted by Gasteiger charge is 2.13. The third-order valence-corrected chi connectivity index (χ3v) is 4.84. The molecule has 0 atom stereocenters. The van der Waals surface area contributed by atoms with Crippen molar-refractivity contribution >= 4 is 49.0 Å². The van der Waals surface area contributed by atoms with Crippen LogP contribution in [0.4, 0.5) is 0 Å². The molecule has 0 fully saturated rings. The Morgan fingerprint density at radius 1 is 0.408 bits per heavy atom. The molecule has 0 radical (unpaired) electrons. The van der Waals surface area contributed by atoms with Crippen LogP contribution in [-0.4, -0.2) is 79.7 Å². The summed E-state index contributed by atoms with van der Waals surface area (Å²) in [5.74, 6) is -4.67. The van der Waals surface area contributed by atoms with Gasteiger partial charge in [-0.15, -0.1) is 0 Å². The van der Waals surface area contributed by atoms with Crippen LogP contribution in [-0.2, 0) is 13.2 Å². The second-order valence-corrected chi connectivity index (χ2v) is 8.18. The van der Waals surface area contributed by atoms with Gasteiger partial charge in [-0.25, -0.2) is 19.2 Å². The SMILES string of the molecule is O=C(O)c1ccc(C(=O)O)o1.O=C(O)c1ccc(CO)o1.O=Cc1ccc(C(=O)O)o1.O=Cc1ccc(C=O)o1.O=Cc1ccc(CO)o1. The zero-order valence-corrected chi connectivity index (χ0v) is 24.5. The van der Waals surface area contributed by atoms with Crippen LogP contribution in [0.25, 0.3) is 0 Å². The maximum absolute atomic E-state index is 10.2. The van der Waals surface area contributed by atoms with Crippen LogP contribution in [0.5, 0.6) is 0 Å². The first-order valence-corrected chi connectivity index (χ1v) is 12.7. The zero-order chi connectivity index (χ0) is 36.9. The molecule has 49 heavy (non-hydrogen) atoms. The average Bonchev–Trinajstić information content (AvgIpc) is 3.94. The first-order valence-electron chi connectivity index (χ1n) is 12.7. The van der Waals surface area contributed by atoms with Gasteiger partial charge < -0.3 is 52.7 Å². The molecule has 0 aliphatic rings. The zero-order valence-electron chi connectivity index (χ0n) is 24.5. The first kappa shape index (κ1) is 39.9. The van der Waals surface area contributed by atoms with Crippen LogP contribution in [0.2, 0.25) is 0 Å². The Kier molecular flexibility index (Phi) is 17.0. The summed E-state index contributed by atoms with van der Waals surface area (Å²) in [6.45, 7) is -0.429. The molecule has 6 N–H and O–H groups in total. The van der Waals surface area contributed by atoms with Gasteiger partial charge in [-0.2, -0.15) is 0 Å². The van der Waals surface area contributed by atoms with Crippen molar-refractivity contribution in [2.45, 2.75) is 13.2 Å². The van der Waals surface area contributed by atoms with E-state index in [9.17, 15) is 38.4 Å². The molecule has 19 heteroatoms. The summed E-state index contributed by atoms with van der Waals surface area (Å²) in [4.78, 5) is 80.3. The number of carboxylic acid groups (broad SMARTS) is 4. The summed E-state index contributed by atoms with van der Waals surface area (Å²) in [5, 5.41) is 50.1. The molecule has 0 aromatic carbocycles. The molecule has 0 unspecified atom stereocenters. The van der Waals surface area contributed by atoms with Gasteiger partial charge in [0, 0.05) is 0 Å². The minimum atomic E-state index is -1.28. The Balaban J connectivity index is 0.000000307. The molecule has 0 aliphatic heterocycles. The normalized spacial score (nSPS) is 9.35. The number of aliphatic hydroxyl groups is 2. The number of carbonyl (C=O) groups is 8. The van der Waals surface area contributed by atoms with E-state index >= 15 is 0 Å². The van der Waals surface area contributed by atoms with Crippen molar-refractivity contribution in [1.29, 1.82) is 0 Å².